The molecule has 0 saturated carbocycles. The molecule has 0 saturated heterocycles. The fourth-order valence-corrected chi connectivity index (χ4v) is 4.17. The first-order chi connectivity index (χ1) is 6.66. The molecule has 0 bridgehead atoms. The molecular formula is C8H17NO2PS2+. The summed E-state index contributed by atoms with van der Waals surface area (Å²) in [5.74, 6) is 0.685. The van der Waals surface area contributed by atoms with Gasteiger partial charge < -0.3 is 5.73 Å². The third-order valence-electron chi connectivity index (χ3n) is 1.62. The number of carbonyl (C=O) groups excluding carboxylic acids is 1. The van der Waals surface area contributed by atoms with Crippen LogP contribution in [0.15, 0.2) is 0 Å². The Bertz CT molecular complexity index is 190. The Kier molecular flexibility index (Phi) is 10.0. The summed E-state index contributed by atoms with van der Waals surface area (Å²) in [5.41, 5.74) is 4.99. The zero-order valence-corrected chi connectivity index (χ0v) is 10.9. The Hall–Kier alpha value is 0.270. The lowest BCUT2D eigenvalue weighted by Gasteiger charge is -1.92. The highest BCUT2D eigenvalue weighted by atomic mass is 33.1. The second-order valence-electron chi connectivity index (χ2n) is 2.84. The Morgan fingerprint density at radius 3 is 2.64 bits per heavy atom. The number of amides is 1. The lowest BCUT2D eigenvalue weighted by atomic mass is 10.2. The van der Waals surface area contributed by atoms with Gasteiger partial charge in [-0.1, -0.05) is 26.2 Å². The van der Waals surface area contributed by atoms with Crippen LogP contribution >= 0.6 is 29.4 Å². The standard InChI is InChI=1S/C8H16NO2PS2/c1-13-14-7-6-12(11)5-3-2-4-8(9)10/h2-7H2,1H3,(H-,9,10)/p+1. The smallest absolute Gasteiger partial charge is 0.339 e. The summed E-state index contributed by atoms with van der Waals surface area (Å²) in [6.07, 6.45) is 5.58. The van der Waals surface area contributed by atoms with Crippen LogP contribution in [-0.4, -0.2) is 30.2 Å². The Balaban J connectivity index is 3.22. The average Bonchev–Trinajstić information content (AvgIpc) is 2.13. The number of hydrogen-bond donors (Lipinski definition) is 1. The fourth-order valence-electron chi connectivity index (χ4n) is 0.922. The minimum atomic E-state index is -1.06. The van der Waals surface area contributed by atoms with Gasteiger partial charge in [-0.25, -0.2) is 0 Å². The molecule has 82 valence electrons. The van der Waals surface area contributed by atoms with Crippen LogP contribution in [0.2, 0.25) is 0 Å². The van der Waals surface area contributed by atoms with E-state index in [1.165, 1.54) is 0 Å². The first kappa shape index (κ1) is 14.3. The van der Waals surface area contributed by atoms with Crippen molar-refractivity contribution in [2.45, 2.75) is 19.3 Å². The molecule has 0 aromatic carbocycles. The van der Waals surface area contributed by atoms with Crippen molar-refractivity contribution in [3.8, 4) is 0 Å². The summed E-state index contributed by atoms with van der Waals surface area (Å²) in [6.45, 7) is 0. The largest absolute Gasteiger partial charge is 0.370 e. The second kappa shape index (κ2) is 9.81. The van der Waals surface area contributed by atoms with Gasteiger partial charge in [0.25, 0.3) is 0 Å². The number of nitrogens with two attached hydrogens (primary N) is 1. The number of unbranched alkanes of at least 4 members (excludes halogenated alkanes) is 1. The van der Waals surface area contributed by atoms with Crippen molar-refractivity contribution in [3.63, 3.8) is 0 Å². The second-order valence-corrected chi connectivity index (χ2v) is 7.38. The summed E-state index contributed by atoms with van der Waals surface area (Å²) in [6, 6.07) is 0. The molecule has 1 unspecified atom stereocenters. The maximum absolute atomic E-state index is 11.4. The normalized spacial score (nSPS) is 11.4. The van der Waals surface area contributed by atoms with E-state index in [4.69, 9.17) is 5.73 Å². The van der Waals surface area contributed by atoms with Crippen LogP contribution < -0.4 is 5.73 Å². The van der Waals surface area contributed by atoms with E-state index in [9.17, 15) is 9.36 Å². The van der Waals surface area contributed by atoms with Gasteiger partial charge in [-0.15, -0.1) is 0 Å². The minimum Gasteiger partial charge on any atom is -0.370 e. The SMILES string of the molecule is CSSCC[P+](=O)CCCCC(N)=O. The van der Waals surface area contributed by atoms with Gasteiger partial charge in [-0.3, -0.25) is 4.79 Å². The summed E-state index contributed by atoms with van der Waals surface area (Å²) in [7, 11) is 2.38. The zero-order chi connectivity index (χ0) is 10.8. The topological polar surface area (TPSA) is 60.2 Å². The highest BCUT2D eigenvalue weighted by Crippen LogP contribution is 2.26. The summed E-state index contributed by atoms with van der Waals surface area (Å²) >= 11 is 0. The molecule has 0 fully saturated rings. The third kappa shape index (κ3) is 10.4. The first-order valence-corrected chi connectivity index (χ1v) is 8.88. The number of primary amides is 1. The molecule has 3 nitrogen and oxygen atoms in total. The van der Waals surface area contributed by atoms with Crippen LogP contribution in [-0.2, 0) is 9.36 Å². The van der Waals surface area contributed by atoms with Crippen LogP contribution in [0, 0.1) is 0 Å². The third-order valence-corrected chi connectivity index (χ3v) is 5.28. The lowest BCUT2D eigenvalue weighted by molar-refractivity contribution is -0.118. The summed E-state index contributed by atoms with van der Waals surface area (Å²) in [5, 5.41) is 0. The molecule has 0 aromatic heterocycles. The molecular weight excluding hydrogens is 237 g/mol. The molecule has 0 heterocycles. The van der Waals surface area contributed by atoms with E-state index < -0.39 is 7.80 Å². The molecule has 14 heavy (non-hydrogen) atoms. The van der Waals surface area contributed by atoms with Crippen LogP contribution in [0.25, 0.3) is 0 Å². The fraction of sp³-hybridized carbons (Fsp3) is 0.875. The summed E-state index contributed by atoms with van der Waals surface area (Å²) in [4.78, 5) is 10.4. The molecule has 0 spiro atoms. The predicted molar refractivity (Wildman–Crippen MR) is 66.4 cm³/mol. The Morgan fingerprint density at radius 2 is 2.07 bits per heavy atom. The van der Waals surface area contributed by atoms with E-state index >= 15 is 0 Å². The quantitative estimate of drug-likeness (QED) is 0.390. The lowest BCUT2D eigenvalue weighted by Crippen LogP contribution is -2.09. The highest BCUT2D eigenvalue weighted by molar-refractivity contribution is 8.76. The van der Waals surface area contributed by atoms with Gasteiger partial charge in [-0.2, -0.15) is 0 Å². The van der Waals surface area contributed by atoms with Gasteiger partial charge in [0.1, 0.15) is 6.16 Å². The van der Waals surface area contributed by atoms with Gasteiger partial charge in [0, 0.05) is 12.2 Å². The number of carbonyl (C=O) groups is 1. The van der Waals surface area contributed by atoms with Crippen molar-refractivity contribution in [2.24, 2.45) is 5.73 Å². The van der Waals surface area contributed by atoms with E-state index in [-0.39, 0.29) is 5.91 Å². The van der Waals surface area contributed by atoms with Crippen LogP contribution in [0.5, 0.6) is 0 Å². The maximum atomic E-state index is 11.4. The van der Waals surface area contributed by atoms with Crippen LogP contribution in [0.4, 0.5) is 0 Å². The first-order valence-electron chi connectivity index (χ1n) is 4.52. The summed E-state index contributed by atoms with van der Waals surface area (Å²) < 4.78 is 11.4. The molecule has 1 amide bonds. The van der Waals surface area contributed by atoms with Gasteiger partial charge in [0.05, 0.1) is 0 Å². The predicted octanol–water partition coefficient (Wildman–Crippen LogP) is 2.48. The van der Waals surface area contributed by atoms with E-state index in [0.29, 0.717) is 6.42 Å². The van der Waals surface area contributed by atoms with Crippen molar-refractivity contribution in [2.75, 3.05) is 24.3 Å². The Labute approximate surface area is 94.1 Å². The van der Waals surface area contributed by atoms with Crippen molar-refractivity contribution in [1.82, 2.24) is 0 Å². The van der Waals surface area contributed by atoms with Gasteiger partial charge in [-0.05, 0) is 19.1 Å². The minimum absolute atomic E-state index is 0.266. The zero-order valence-electron chi connectivity index (χ0n) is 8.40. The molecule has 0 aromatic rings. The van der Waals surface area contributed by atoms with E-state index in [2.05, 4.69) is 0 Å². The van der Waals surface area contributed by atoms with Gasteiger partial charge >= 0.3 is 7.80 Å². The van der Waals surface area contributed by atoms with Crippen molar-refractivity contribution in [3.05, 3.63) is 0 Å². The van der Waals surface area contributed by atoms with Gasteiger partial charge in [0.15, 0.2) is 6.16 Å². The molecule has 6 heteroatoms. The Morgan fingerprint density at radius 1 is 1.36 bits per heavy atom. The average molecular weight is 254 g/mol. The van der Waals surface area contributed by atoms with Crippen LogP contribution in [0.3, 0.4) is 0 Å². The number of rotatable bonds is 9. The molecule has 2 N–H and O–H groups in total. The maximum Gasteiger partial charge on any atom is 0.339 e. The van der Waals surface area contributed by atoms with Crippen molar-refractivity contribution >= 4 is 35.3 Å². The van der Waals surface area contributed by atoms with E-state index in [0.717, 1.165) is 30.9 Å². The van der Waals surface area contributed by atoms with E-state index in [1.54, 1.807) is 21.6 Å². The van der Waals surface area contributed by atoms with Crippen LogP contribution in [0.1, 0.15) is 19.3 Å². The molecule has 0 radical (unpaired) electrons. The van der Waals surface area contributed by atoms with Crippen molar-refractivity contribution < 1.29 is 9.36 Å². The number of hydrogen-bond acceptors (Lipinski definition) is 4. The molecule has 0 rings (SSSR count). The van der Waals surface area contributed by atoms with Crippen molar-refractivity contribution in [1.29, 1.82) is 0 Å². The van der Waals surface area contributed by atoms with E-state index in [1.807, 2.05) is 6.26 Å². The molecule has 1 atom stereocenters. The molecule has 0 aliphatic rings. The molecule has 0 aliphatic carbocycles. The highest BCUT2D eigenvalue weighted by Gasteiger charge is 2.13. The monoisotopic (exact) mass is 254 g/mol. The van der Waals surface area contributed by atoms with Gasteiger partial charge in [0.2, 0.25) is 5.91 Å². The molecule has 0 aliphatic heterocycles.